The van der Waals surface area contributed by atoms with E-state index in [2.05, 4.69) is 0 Å². The molecule has 2 atom stereocenters. The molecule has 1 heterocycles. The average Bonchev–Trinajstić information content (AvgIpc) is 2.33. The van der Waals surface area contributed by atoms with Crippen LogP contribution >= 0.6 is 0 Å². The Morgan fingerprint density at radius 3 is 3.20 bits per heavy atom. The van der Waals surface area contributed by atoms with Crippen LogP contribution in [0.25, 0.3) is 0 Å². The zero-order valence-corrected chi connectivity index (χ0v) is 6.10. The Morgan fingerprint density at radius 1 is 1.40 bits per heavy atom. The molecule has 2 fully saturated rings. The molecule has 2 aliphatic rings. The van der Waals surface area contributed by atoms with Gasteiger partial charge in [-0.2, -0.15) is 0 Å². The highest BCUT2D eigenvalue weighted by atomic mass is 16.5. The van der Waals surface area contributed by atoms with Gasteiger partial charge >= 0.3 is 0 Å². The van der Waals surface area contributed by atoms with Gasteiger partial charge in [0, 0.05) is 18.7 Å². The Balaban J connectivity index is 2.03. The maximum absolute atomic E-state index is 7.46. The second kappa shape index (κ2) is 2.35. The SMILES string of the molecule is N=C1CCC2CCOC2C1. The molecule has 0 aromatic carbocycles. The summed E-state index contributed by atoms with van der Waals surface area (Å²) < 4.78 is 5.49. The molecule has 0 radical (unpaired) electrons. The van der Waals surface area contributed by atoms with E-state index in [9.17, 15) is 0 Å². The van der Waals surface area contributed by atoms with Crippen molar-refractivity contribution in [1.29, 1.82) is 5.41 Å². The van der Waals surface area contributed by atoms with Gasteiger partial charge in [-0.3, -0.25) is 0 Å². The lowest BCUT2D eigenvalue weighted by molar-refractivity contribution is 0.0892. The van der Waals surface area contributed by atoms with Crippen LogP contribution in [0.15, 0.2) is 0 Å². The number of hydrogen-bond donors (Lipinski definition) is 1. The first-order valence-electron chi connectivity index (χ1n) is 4.04. The van der Waals surface area contributed by atoms with Crippen LogP contribution < -0.4 is 0 Å². The highest BCUT2D eigenvalue weighted by Gasteiger charge is 2.32. The number of ether oxygens (including phenoxy) is 1. The highest BCUT2D eigenvalue weighted by molar-refractivity contribution is 5.82. The highest BCUT2D eigenvalue weighted by Crippen LogP contribution is 2.32. The molecule has 2 unspecified atom stereocenters. The van der Waals surface area contributed by atoms with Crippen LogP contribution in [-0.4, -0.2) is 18.4 Å². The summed E-state index contributed by atoms with van der Waals surface area (Å²) in [4.78, 5) is 0. The Hall–Kier alpha value is -0.370. The maximum Gasteiger partial charge on any atom is 0.0656 e. The van der Waals surface area contributed by atoms with E-state index in [0.29, 0.717) is 6.10 Å². The summed E-state index contributed by atoms with van der Waals surface area (Å²) >= 11 is 0. The molecule has 56 valence electrons. The summed E-state index contributed by atoms with van der Waals surface area (Å²) in [6.45, 7) is 0.933. The lowest BCUT2D eigenvalue weighted by atomic mass is 9.85. The Labute approximate surface area is 61.1 Å². The van der Waals surface area contributed by atoms with Crippen LogP contribution in [0.1, 0.15) is 25.7 Å². The molecule has 1 saturated carbocycles. The molecule has 0 aromatic heterocycles. The summed E-state index contributed by atoms with van der Waals surface area (Å²) in [6.07, 6.45) is 4.78. The molecule has 10 heavy (non-hydrogen) atoms. The van der Waals surface area contributed by atoms with Gasteiger partial charge in [0.15, 0.2) is 0 Å². The molecule has 0 aromatic rings. The Morgan fingerprint density at radius 2 is 2.30 bits per heavy atom. The zero-order chi connectivity index (χ0) is 6.97. The summed E-state index contributed by atoms with van der Waals surface area (Å²) in [6, 6.07) is 0. The monoisotopic (exact) mass is 139 g/mol. The van der Waals surface area contributed by atoms with Gasteiger partial charge in [0.2, 0.25) is 0 Å². The van der Waals surface area contributed by atoms with Gasteiger partial charge in [0.05, 0.1) is 6.10 Å². The van der Waals surface area contributed by atoms with Gasteiger partial charge in [0.25, 0.3) is 0 Å². The number of nitrogens with one attached hydrogen (secondary N) is 1. The number of hydrogen-bond acceptors (Lipinski definition) is 2. The zero-order valence-electron chi connectivity index (χ0n) is 6.10. The van der Waals surface area contributed by atoms with E-state index in [1.807, 2.05) is 0 Å². The fraction of sp³-hybridized carbons (Fsp3) is 0.875. The molecule has 1 aliphatic carbocycles. The van der Waals surface area contributed by atoms with Crippen molar-refractivity contribution in [1.82, 2.24) is 0 Å². The van der Waals surface area contributed by atoms with Gasteiger partial charge in [0.1, 0.15) is 0 Å². The van der Waals surface area contributed by atoms with E-state index in [1.165, 1.54) is 12.8 Å². The second-order valence-corrected chi connectivity index (χ2v) is 3.30. The third kappa shape index (κ3) is 0.966. The predicted octanol–water partition coefficient (Wildman–Crippen LogP) is 1.60. The van der Waals surface area contributed by atoms with Gasteiger partial charge in [-0.1, -0.05) is 0 Å². The molecule has 0 bridgehead atoms. The molecule has 2 rings (SSSR count). The van der Waals surface area contributed by atoms with Gasteiger partial charge < -0.3 is 10.1 Å². The van der Waals surface area contributed by atoms with Crippen molar-refractivity contribution >= 4 is 5.71 Å². The second-order valence-electron chi connectivity index (χ2n) is 3.30. The molecule has 0 spiro atoms. The Kier molecular flexibility index (Phi) is 1.49. The largest absolute Gasteiger partial charge is 0.378 e. The van der Waals surface area contributed by atoms with E-state index < -0.39 is 0 Å². The van der Waals surface area contributed by atoms with Crippen molar-refractivity contribution in [2.24, 2.45) is 5.92 Å². The molecule has 1 N–H and O–H groups in total. The molecule has 2 heteroatoms. The minimum absolute atomic E-state index is 0.418. The van der Waals surface area contributed by atoms with Crippen molar-refractivity contribution in [3.63, 3.8) is 0 Å². The van der Waals surface area contributed by atoms with Gasteiger partial charge in [-0.25, -0.2) is 0 Å². The maximum atomic E-state index is 7.46. The first kappa shape index (κ1) is 6.35. The topological polar surface area (TPSA) is 33.1 Å². The van der Waals surface area contributed by atoms with E-state index >= 15 is 0 Å². The summed E-state index contributed by atoms with van der Waals surface area (Å²) in [5.74, 6) is 0.786. The third-order valence-electron chi connectivity index (χ3n) is 2.61. The van der Waals surface area contributed by atoms with Crippen LogP contribution in [0, 0.1) is 11.3 Å². The normalized spacial score (nSPS) is 39.8. The molecule has 1 saturated heterocycles. The van der Waals surface area contributed by atoms with E-state index in [-0.39, 0.29) is 0 Å². The minimum Gasteiger partial charge on any atom is -0.378 e. The van der Waals surface area contributed by atoms with Crippen molar-refractivity contribution in [3.8, 4) is 0 Å². The number of fused-ring (bicyclic) bond motifs is 1. The first-order chi connectivity index (χ1) is 4.86. The van der Waals surface area contributed by atoms with E-state index in [1.54, 1.807) is 0 Å². The minimum atomic E-state index is 0.418. The summed E-state index contributed by atoms with van der Waals surface area (Å²) in [5, 5.41) is 7.46. The van der Waals surface area contributed by atoms with Crippen LogP contribution in [0.4, 0.5) is 0 Å². The van der Waals surface area contributed by atoms with Crippen LogP contribution in [0.5, 0.6) is 0 Å². The number of rotatable bonds is 0. The molecule has 0 amide bonds. The quantitative estimate of drug-likeness (QED) is 0.543. The van der Waals surface area contributed by atoms with Crippen molar-refractivity contribution in [2.75, 3.05) is 6.61 Å². The summed E-state index contributed by atoms with van der Waals surface area (Å²) in [5.41, 5.74) is 0.892. The fourth-order valence-electron chi connectivity index (χ4n) is 1.95. The van der Waals surface area contributed by atoms with E-state index in [4.69, 9.17) is 10.1 Å². The smallest absolute Gasteiger partial charge is 0.0656 e. The molecule has 1 aliphatic heterocycles. The summed E-state index contributed by atoms with van der Waals surface area (Å²) in [7, 11) is 0. The van der Waals surface area contributed by atoms with Gasteiger partial charge in [-0.15, -0.1) is 0 Å². The van der Waals surface area contributed by atoms with Gasteiger partial charge in [-0.05, 0) is 25.2 Å². The Bertz CT molecular complexity index is 155. The van der Waals surface area contributed by atoms with Crippen LogP contribution in [-0.2, 0) is 4.74 Å². The average molecular weight is 139 g/mol. The molecular formula is C8H13NO. The standard InChI is InChI=1S/C8H13NO/c9-7-2-1-6-3-4-10-8(6)5-7/h6,8-9H,1-5H2. The predicted molar refractivity (Wildman–Crippen MR) is 39.4 cm³/mol. The first-order valence-corrected chi connectivity index (χ1v) is 4.04. The van der Waals surface area contributed by atoms with E-state index in [0.717, 1.165) is 31.1 Å². The third-order valence-corrected chi connectivity index (χ3v) is 2.61. The lowest BCUT2D eigenvalue weighted by Gasteiger charge is -2.23. The van der Waals surface area contributed by atoms with Crippen molar-refractivity contribution in [3.05, 3.63) is 0 Å². The van der Waals surface area contributed by atoms with Crippen molar-refractivity contribution < 1.29 is 4.74 Å². The molecular weight excluding hydrogens is 126 g/mol. The van der Waals surface area contributed by atoms with Crippen LogP contribution in [0.2, 0.25) is 0 Å². The van der Waals surface area contributed by atoms with Crippen molar-refractivity contribution in [2.45, 2.75) is 31.8 Å². The lowest BCUT2D eigenvalue weighted by Crippen LogP contribution is -2.25. The van der Waals surface area contributed by atoms with Crippen LogP contribution in [0.3, 0.4) is 0 Å². The fourth-order valence-corrected chi connectivity index (χ4v) is 1.95. The molecule has 2 nitrogen and oxygen atoms in total.